The second-order valence-electron chi connectivity index (χ2n) is 6.95. The van der Waals surface area contributed by atoms with Crippen LogP contribution < -0.4 is 5.73 Å². The van der Waals surface area contributed by atoms with E-state index in [0.717, 1.165) is 55.7 Å². The quantitative estimate of drug-likeness (QED) is 0.918. The fourth-order valence-corrected chi connectivity index (χ4v) is 3.81. The molecule has 0 radical (unpaired) electrons. The summed E-state index contributed by atoms with van der Waals surface area (Å²) in [6, 6.07) is 6.54. The van der Waals surface area contributed by atoms with Crippen molar-refractivity contribution in [1.29, 1.82) is 0 Å². The highest BCUT2D eigenvalue weighted by Gasteiger charge is 2.42. The number of benzene rings is 1. The summed E-state index contributed by atoms with van der Waals surface area (Å²) in [5, 5.41) is 0. The van der Waals surface area contributed by atoms with Gasteiger partial charge < -0.3 is 10.5 Å². The smallest absolute Gasteiger partial charge is 0.220 e. The van der Waals surface area contributed by atoms with Crippen molar-refractivity contribution in [1.82, 2.24) is 14.9 Å². The Morgan fingerprint density at radius 3 is 2.77 bits per heavy atom. The molecule has 3 heterocycles. The zero-order valence-corrected chi connectivity index (χ0v) is 14.7. The van der Waals surface area contributed by atoms with E-state index in [1.165, 1.54) is 12.1 Å². The first-order valence-electron chi connectivity index (χ1n) is 9.05. The van der Waals surface area contributed by atoms with E-state index >= 15 is 0 Å². The van der Waals surface area contributed by atoms with Crippen LogP contribution in [0.3, 0.4) is 0 Å². The highest BCUT2D eigenvalue weighted by molar-refractivity contribution is 5.49. The molecule has 1 fully saturated rings. The zero-order valence-electron chi connectivity index (χ0n) is 14.7. The van der Waals surface area contributed by atoms with Crippen molar-refractivity contribution in [3.8, 4) is 0 Å². The summed E-state index contributed by atoms with van der Waals surface area (Å²) in [4.78, 5) is 11.0. The van der Waals surface area contributed by atoms with E-state index in [4.69, 9.17) is 10.5 Å². The maximum atomic E-state index is 12.9. The molecule has 26 heavy (non-hydrogen) atoms. The Bertz CT molecular complexity index is 798. The molecule has 0 saturated carbocycles. The zero-order chi connectivity index (χ0) is 18.0. The minimum Gasteiger partial charge on any atom is -0.368 e. The molecule has 2 N–H and O–H groups in total. The number of aromatic nitrogens is 2. The molecule has 0 bridgehead atoms. The van der Waals surface area contributed by atoms with E-state index in [9.17, 15) is 4.39 Å². The van der Waals surface area contributed by atoms with Crippen LogP contribution in [0.4, 0.5) is 10.3 Å². The van der Waals surface area contributed by atoms with E-state index in [2.05, 4.69) is 20.9 Å². The maximum absolute atomic E-state index is 12.9. The second kappa shape index (κ2) is 7.13. The number of fused-ring (bicyclic) bond motifs is 2. The van der Waals surface area contributed by atoms with Crippen LogP contribution in [-0.2, 0) is 16.8 Å². The summed E-state index contributed by atoms with van der Waals surface area (Å²) in [5.74, 6) is 0.110. The third-order valence-corrected chi connectivity index (χ3v) is 5.27. The fourth-order valence-electron chi connectivity index (χ4n) is 3.81. The second-order valence-corrected chi connectivity index (χ2v) is 6.95. The van der Waals surface area contributed by atoms with Crippen LogP contribution in [-0.4, -0.2) is 41.1 Å². The van der Waals surface area contributed by atoms with Crippen molar-refractivity contribution in [2.75, 3.05) is 32.0 Å². The molecule has 0 unspecified atom stereocenters. The van der Waals surface area contributed by atoms with E-state index in [1.54, 1.807) is 12.1 Å². The Labute approximate surface area is 152 Å². The molecule has 1 spiro atoms. The number of nitrogens with two attached hydrogens (primary N) is 1. The topological polar surface area (TPSA) is 64.3 Å². The highest BCUT2D eigenvalue weighted by Crippen LogP contribution is 2.40. The molecular weight excluding hydrogens is 331 g/mol. The lowest BCUT2D eigenvalue weighted by Crippen LogP contribution is -2.47. The normalized spacial score (nSPS) is 19.7. The highest BCUT2D eigenvalue weighted by atomic mass is 19.1. The predicted octanol–water partition coefficient (Wildman–Crippen LogP) is 2.78. The standard InChI is InChI=1S/C20H23FN4O/c21-17-5-3-15(4-6-17)2-1-10-25-11-8-20(9-12-25)18-16(7-13-26-20)14-23-19(22)24-18/h1-6,14H,7-13H2,(H2,22,23,24)/b2-1+. The van der Waals surface area contributed by atoms with Crippen molar-refractivity contribution < 1.29 is 9.13 Å². The minimum atomic E-state index is -0.318. The number of nitrogen functional groups attached to an aromatic ring is 1. The molecule has 2 aliphatic heterocycles. The number of rotatable bonds is 3. The van der Waals surface area contributed by atoms with Crippen molar-refractivity contribution in [2.45, 2.75) is 24.9 Å². The Kier molecular flexibility index (Phi) is 4.70. The number of nitrogens with zero attached hydrogens (tertiary/aromatic N) is 3. The molecule has 1 aromatic carbocycles. The van der Waals surface area contributed by atoms with Gasteiger partial charge in [-0.25, -0.2) is 14.4 Å². The first-order chi connectivity index (χ1) is 12.6. The maximum Gasteiger partial charge on any atom is 0.220 e. The summed E-state index contributed by atoms with van der Waals surface area (Å²) in [6.45, 7) is 3.46. The average Bonchev–Trinajstić information content (AvgIpc) is 2.66. The molecule has 136 valence electrons. The predicted molar refractivity (Wildman–Crippen MR) is 98.9 cm³/mol. The molecule has 4 rings (SSSR count). The Morgan fingerprint density at radius 2 is 2.00 bits per heavy atom. The van der Waals surface area contributed by atoms with Gasteiger partial charge >= 0.3 is 0 Å². The number of piperidine rings is 1. The monoisotopic (exact) mass is 354 g/mol. The minimum absolute atomic E-state index is 0.208. The molecular formula is C20H23FN4O. The van der Waals surface area contributed by atoms with E-state index < -0.39 is 0 Å². The summed E-state index contributed by atoms with van der Waals surface area (Å²) in [6.07, 6.45) is 8.66. The first-order valence-corrected chi connectivity index (χ1v) is 9.05. The molecule has 2 aliphatic rings. The Balaban J connectivity index is 1.39. The summed E-state index contributed by atoms with van der Waals surface area (Å²) >= 11 is 0. The lowest BCUT2D eigenvalue weighted by atomic mass is 9.83. The fraction of sp³-hybridized carbons (Fsp3) is 0.400. The van der Waals surface area contributed by atoms with Gasteiger partial charge in [0, 0.05) is 25.8 Å². The summed E-state index contributed by atoms with van der Waals surface area (Å²) in [7, 11) is 0. The van der Waals surface area contributed by atoms with Gasteiger partial charge in [0.2, 0.25) is 5.95 Å². The van der Waals surface area contributed by atoms with E-state index in [1.807, 2.05) is 12.3 Å². The van der Waals surface area contributed by atoms with Crippen LogP contribution in [0, 0.1) is 5.82 Å². The number of hydrogen-bond acceptors (Lipinski definition) is 5. The van der Waals surface area contributed by atoms with Crippen LogP contribution in [0.5, 0.6) is 0 Å². The van der Waals surface area contributed by atoms with E-state index in [-0.39, 0.29) is 11.4 Å². The van der Waals surface area contributed by atoms with Crippen molar-refractivity contribution in [3.05, 3.63) is 59.2 Å². The van der Waals surface area contributed by atoms with Gasteiger partial charge in [-0.05, 0) is 42.5 Å². The van der Waals surface area contributed by atoms with Crippen LogP contribution in [0.25, 0.3) is 6.08 Å². The lowest BCUT2D eigenvalue weighted by molar-refractivity contribution is -0.0998. The number of hydrogen-bond donors (Lipinski definition) is 1. The molecule has 6 heteroatoms. The van der Waals surface area contributed by atoms with Gasteiger partial charge in [-0.15, -0.1) is 0 Å². The molecule has 0 amide bonds. The van der Waals surface area contributed by atoms with Gasteiger partial charge in [0.25, 0.3) is 0 Å². The number of halogens is 1. The van der Waals surface area contributed by atoms with Crippen LogP contribution in [0.1, 0.15) is 29.7 Å². The third-order valence-electron chi connectivity index (χ3n) is 5.27. The molecule has 1 saturated heterocycles. The van der Waals surface area contributed by atoms with E-state index in [0.29, 0.717) is 12.6 Å². The SMILES string of the molecule is Nc1ncc2c(n1)C1(CCN(C/C=C/c3ccc(F)cc3)CC1)OCC2. The molecule has 0 aliphatic carbocycles. The van der Waals surface area contributed by atoms with Gasteiger partial charge in [0.05, 0.1) is 12.3 Å². The first kappa shape index (κ1) is 17.1. The van der Waals surface area contributed by atoms with Crippen molar-refractivity contribution in [3.63, 3.8) is 0 Å². The molecule has 1 aromatic heterocycles. The van der Waals surface area contributed by atoms with Crippen LogP contribution in [0.2, 0.25) is 0 Å². The van der Waals surface area contributed by atoms with Crippen molar-refractivity contribution >= 4 is 12.0 Å². The van der Waals surface area contributed by atoms with Crippen LogP contribution >= 0.6 is 0 Å². The Hall–Kier alpha value is -2.31. The number of ether oxygens (including phenoxy) is 1. The third kappa shape index (κ3) is 3.48. The van der Waals surface area contributed by atoms with Crippen LogP contribution in [0.15, 0.2) is 36.5 Å². The molecule has 0 atom stereocenters. The molecule has 5 nitrogen and oxygen atoms in total. The summed E-state index contributed by atoms with van der Waals surface area (Å²) < 4.78 is 19.1. The lowest BCUT2D eigenvalue weighted by Gasteiger charge is -2.43. The number of anilines is 1. The van der Waals surface area contributed by atoms with Gasteiger partial charge in [-0.3, -0.25) is 4.90 Å². The Morgan fingerprint density at radius 1 is 1.23 bits per heavy atom. The number of likely N-dealkylation sites (tertiary alicyclic amines) is 1. The van der Waals surface area contributed by atoms with Crippen molar-refractivity contribution in [2.24, 2.45) is 0 Å². The average molecular weight is 354 g/mol. The molecule has 2 aromatic rings. The van der Waals surface area contributed by atoms with Gasteiger partial charge in [-0.2, -0.15) is 0 Å². The largest absolute Gasteiger partial charge is 0.368 e. The van der Waals surface area contributed by atoms with Gasteiger partial charge in [0.15, 0.2) is 0 Å². The van der Waals surface area contributed by atoms with Gasteiger partial charge in [0.1, 0.15) is 11.4 Å². The van der Waals surface area contributed by atoms with Gasteiger partial charge in [-0.1, -0.05) is 24.3 Å². The summed E-state index contributed by atoms with van der Waals surface area (Å²) in [5.41, 5.74) is 8.65.